The summed E-state index contributed by atoms with van der Waals surface area (Å²) >= 11 is 0. The highest BCUT2D eigenvalue weighted by Crippen LogP contribution is 2.36. The van der Waals surface area contributed by atoms with Crippen molar-refractivity contribution in [2.75, 3.05) is 23.9 Å². The van der Waals surface area contributed by atoms with E-state index in [-0.39, 0.29) is 37.0 Å². The maximum Gasteiger partial charge on any atom is 0.229 e. The molecule has 2 aliphatic rings. The molecule has 2 aromatic carbocycles. The summed E-state index contributed by atoms with van der Waals surface area (Å²) in [5.74, 6) is 0.215. The van der Waals surface area contributed by atoms with Crippen LogP contribution < -0.4 is 19.7 Å². The van der Waals surface area contributed by atoms with Crippen LogP contribution in [0.4, 0.5) is 11.4 Å². The molecule has 0 radical (unpaired) electrons. The Bertz CT molecular complexity index is 1080. The first kappa shape index (κ1) is 20.9. The predicted molar refractivity (Wildman–Crippen MR) is 117 cm³/mol. The summed E-state index contributed by atoms with van der Waals surface area (Å²) in [6.07, 6.45) is 0.395. The highest BCUT2D eigenvalue weighted by molar-refractivity contribution is 6.05. The highest BCUT2D eigenvalue weighted by Gasteiger charge is 2.37. The van der Waals surface area contributed by atoms with Gasteiger partial charge in [0.05, 0.1) is 30.7 Å². The predicted octanol–water partition coefficient (Wildman–Crippen LogP) is 3.74. The van der Waals surface area contributed by atoms with Gasteiger partial charge in [-0.05, 0) is 56.7 Å². The average Bonchev–Trinajstić information content (AvgIpc) is 3.09. The minimum absolute atomic E-state index is 0.0175. The van der Waals surface area contributed by atoms with Gasteiger partial charge in [-0.25, -0.2) is 0 Å². The number of rotatable bonds is 4. The van der Waals surface area contributed by atoms with E-state index in [1.165, 1.54) is 0 Å². The first-order chi connectivity index (χ1) is 14.7. The number of Topliss-reactive ketones (excluding diaryl/α,β-unsaturated/α-hetero) is 1. The number of hydrogen-bond acceptors (Lipinski definition) is 5. The van der Waals surface area contributed by atoms with Crippen LogP contribution in [0, 0.1) is 12.8 Å². The molecule has 1 fully saturated rings. The Morgan fingerprint density at radius 2 is 1.97 bits per heavy atom. The normalized spacial score (nSPS) is 19.6. The number of fused-ring (bicyclic) bond motifs is 1. The molecule has 2 amide bonds. The van der Waals surface area contributed by atoms with E-state index in [0.717, 1.165) is 5.56 Å². The van der Waals surface area contributed by atoms with Gasteiger partial charge in [0.15, 0.2) is 5.78 Å². The minimum Gasteiger partial charge on any atom is -0.495 e. The Hall–Kier alpha value is -3.35. The van der Waals surface area contributed by atoms with E-state index in [9.17, 15) is 14.4 Å². The molecule has 0 bridgehead atoms. The summed E-state index contributed by atoms with van der Waals surface area (Å²) in [4.78, 5) is 39.6. The number of benzene rings is 2. The van der Waals surface area contributed by atoms with Crippen LogP contribution in [0.1, 0.15) is 42.6 Å². The van der Waals surface area contributed by atoms with Gasteiger partial charge in [0.25, 0.3) is 0 Å². The quantitative estimate of drug-likeness (QED) is 0.811. The first-order valence-corrected chi connectivity index (χ1v) is 10.3. The van der Waals surface area contributed by atoms with E-state index in [4.69, 9.17) is 9.47 Å². The second-order valence-electron chi connectivity index (χ2n) is 8.74. The van der Waals surface area contributed by atoms with Crippen molar-refractivity contribution in [3.63, 3.8) is 0 Å². The zero-order valence-corrected chi connectivity index (χ0v) is 18.2. The number of carbonyl (C=O) groups excluding carboxylic acids is 3. The number of ether oxygens (including phenoxy) is 2. The number of ketones is 1. The van der Waals surface area contributed by atoms with Crippen molar-refractivity contribution in [2.45, 2.75) is 39.2 Å². The Kier molecular flexibility index (Phi) is 5.21. The molecule has 2 aromatic rings. The standard InChI is InChI=1S/C24H26N2O5/c1-14-5-7-21(30-4)18(9-14)26-13-15(10-22(26)28)23(29)25-16-6-8-20-17(11-16)19(27)12-24(2,3)31-20/h5-9,11,15H,10,12-13H2,1-4H3,(H,25,29). The molecule has 0 saturated carbocycles. The summed E-state index contributed by atoms with van der Waals surface area (Å²) in [5, 5.41) is 2.85. The van der Waals surface area contributed by atoms with Gasteiger partial charge < -0.3 is 19.7 Å². The first-order valence-electron chi connectivity index (χ1n) is 10.3. The Balaban J connectivity index is 1.49. The van der Waals surface area contributed by atoms with Crippen LogP contribution in [0.2, 0.25) is 0 Å². The van der Waals surface area contributed by atoms with Crippen LogP contribution in [0.5, 0.6) is 11.5 Å². The number of nitrogens with zero attached hydrogens (tertiary/aromatic N) is 1. The fourth-order valence-corrected chi connectivity index (χ4v) is 4.10. The summed E-state index contributed by atoms with van der Waals surface area (Å²) in [5.41, 5.74) is 2.10. The SMILES string of the molecule is COc1ccc(C)cc1N1CC(C(=O)Nc2ccc3c(c2)C(=O)CC(C)(C)O3)CC1=O. The molecule has 1 atom stereocenters. The molecule has 31 heavy (non-hydrogen) atoms. The molecule has 0 spiro atoms. The van der Waals surface area contributed by atoms with Crippen LogP contribution in [-0.2, 0) is 9.59 Å². The second-order valence-corrected chi connectivity index (χ2v) is 8.74. The maximum atomic E-state index is 12.9. The maximum absolute atomic E-state index is 12.9. The lowest BCUT2D eigenvalue weighted by molar-refractivity contribution is -0.122. The molecule has 2 aliphatic heterocycles. The lowest BCUT2D eigenvalue weighted by Crippen LogP contribution is -2.36. The van der Waals surface area contributed by atoms with Gasteiger partial charge in [0.2, 0.25) is 11.8 Å². The van der Waals surface area contributed by atoms with Crippen molar-refractivity contribution in [3.8, 4) is 11.5 Å². The molecule has 2 heterocycles. The lowest BCUT2D eigenvalue weighted by atomic mass is 9.93. The molecular formula is C24H26N2O5. The van der Waals surface area contributed by atoms with Gasteiger partial charge in [-0.1, -0.05) is 6.07 Å². The van der Waals surface area contributed by atoms with Gasteiger partial charge >= 0.3 is 0 Å². The molecule has 1 N–H and O–H groups in total. The van der Waals surface area contributed by atoms with Gasteiger partial charge in [-0.3, -0.25) is 14.4 Å². The van der Waals surface area contributed by atoms with Crippen LogP contribution >= 0.6 is 0 Å². The number of hydrogen-bond donors (Lipinski definition) is 1. The molecule has 1 saturated heterocycles. The van der Waals surface area contributed by atoms with E-state index in [2.05, 4.69) is 5.32 Å². The number of aryl methyl sites for hydroxylation is 1. The lowest BCUT2D eigenvalue weighted by Gasteiger charge is -2.31. The van der Waals surface area contributed by atoms with Crippen molar-refractivity contribution in [3.05, 3.63) is 47.5 Å². The Morgan fingerprint density at radius 1 is 1.19 bits per heavy atom. The topological polar surface area (TPSA) is 84.9 Å². The second kappa shape index (κ2) is 7.72. The average molecular weight is 422 g/mol. The third kappa shape index (κ3) is 4.13. The van der Waals surface area contributed by atoms with Crippen molar-refractivity contribution >= 4 is 29.0 Å². The molecule has 1 unspecified atom stereocenters. The van der Waals surface area contributed by atoms with E-state index in [1.54, 1.807) is 30.2 Å². The Morgan fingerprint density at radius 3 is 2.71 bits per heavy atom. The van der Waals surface area contributed by atoms with Crippen molar-refractivity contribution in [2.24, 2.45) is 5.92 Å². The zero-order chi connectivity index (χ0) is 22.3. The van der Waals surface area contributed by atoms with Crippen molar-refractivity contribution in [1.29, 1.82) is 0 Å². The number of nitrogens with one attached hydrogen (secondary N) is 1. The molecule has 4 rings (SSSR count). The van der Waals surface area contributed by atoms with Gasteiger partial charge in [0.1, 0.15) is 17.1 Å². The number of carbonyl (C=O) groups is 3. The third-order valence-electron chi connectivity index (χ3n) is 5.64. The van der Waals surface area contributed by atoms with Crippen LogP contribution in [0.3, 0.4) is 0 Å². The zero-order valence-electron chi connectivity index (χ0n) is 18.2. The van der Waals surface area contributed by atoms with Crippen molar-refractivity contribution in [1.82, 2.24) is 0 Å². The van der Waals surface area contributed by atoms with E-state index < -0.39 is 11.5 Å². The van der Waals surface area contributed by atoms with Gasteiger partial charge in [0, 0.05) is 18.7 Å². The summed E-state index contributed by atoms with van der Waals surface area (Å²) < 4.78 is 11.3. The number of methoxy groups -OCH3 is 1. The summed E-state index contributed by atoms with van der Waals surface area (Å²) in [6, 6.07) is 10.7. The monoisotopic (exact) mass is 422 g/mol. The smallest absolute Gasteiger partial charge is 0.229 e. The molecular weight excluding hydrogens is 396 g/mol. The number of amides is 2. The third-order valence-corrected chi connectivity index (χ3v) is 5.64. The van der Waals surface area contributed by atoms with Crippen molar-refractivity contribution < 1.29 is 23.9 Å². The molecule has 0 aromatic heterocycles. The summed E-state index contributed by atoms with van der Waals surface area (Å²) in [7, 11) is 1.56. The molecule has 0 aliphatic carbocycles. The van der Waals surface area contributed by atoms with Crippen LogP contribution in [0.25, 0.3) is 0 Å². The van der Waals surface area contributed by atoms with Gasteiger partial charge in [-0.2, -0.15) is 0 Å². The van der Waals surface area contributed by atoms with E-state index in [1.807, 2.05) is 39.0 Å². The molecule has 7 nitrogen and oxygen atoms in total. The Labute approximate surface area is 181 Å². The van der Waals surface area contributed by atoms with E-state index >= 15 is 0 Å². The summed E-state index contributed by atoms with van der Waals surface area (Å²) in [6.45, 7) is 5.95. The van der Waals surface area contributed by atoms with Crippen LogP contribution in [0.15, 0.2) is 36.4 Å². The fraction of sp³-hybridized carbons (Fsp3) is 0.375. The number of anilines is 2. The minimum atomic E-state index is -0.542. The largest absolute Gasteiger partial charge is 0.495 e. The van der Waals surface area contributed by atoms with E-state index in [0.29, 0.717) is 28.4 Å². The fourth-order valence-electron chi connectivity index (χ4n) is 4.10. The molecule has 7 heteroatoms. The van der Waals surface area contributed by atoms with Crippen LogP contribution in [-0.4, -0.2) is 36.9 Å². The van der Waals surface area contributed by atoms with Gasteiger partial charge in [-0.15, -0.1) is 0 Å². The molecule has 162 valence electrons. The highest BCUT2D eigenvalue weighted by atomic mass is 16.5.